The molecule has 61 heavy (non-hydrogen) atoms. The maximum atomic E-state index is 2.40. The highest BCUT2D eigenvalue weighted by molar-refractivity contribution is 7.26. The van der Waals surface area contributed by atoms with E-state index in [2.05, 4.69) is 229 Å². The van der Waals surface area contributed by atoms with Crippen molar-refractivity contribution in [2.24, 2.45) is 0 Å². The summed E-state index contributed by atoms with van der Waals surface area (Å²) in [5.41, 5.74) is 13.0. The van der Waals surface area contributed by atoms with Gasteiger partial charge in [-0.05, 0) is 122 Å². The van der Waals surface area contributed by atoms with Crippen molar-refractivity contribution in [3.8, 4) is 44.5 Å². The number of rotatable bonds is 7. The molecule has 0 radical (unpaired) electrons. The molecule has 2 heterocycles. The van der Waals surface area contributed by atoms with Crippen LogP contribution in [0.5, 0.6) is 0 Å². The van der Waals surface area contributed by atoms with E-state index in [1.54, 1.807) is 0 Å². The van der Waals surface area contributed by atoms with E-state index in [4.69, 9.17) is 0 Å². The first kappa shape index (κ1) is 35.6. The molecule has 286 valence electrons. The molecule has 0 amide bonds. The summed E-state index contributed by atoms with van der Waals surface area (Å²) in [7, 11) is 0. The molecule has 3 heteroatoms. The molecule has 2 aromatic heterocycles. The van der Waals surface area contributed by atoms with Gasteiger partial charge in [-0.15, -0.1) is 22.7 Å². The number of anilines is 3. The third-order valence-electron chi connectivity index (χ3n) is 12.0. The van der Waals surface area contributed by atoms with E-state index in [-0.39, 0.29) is 0 Å². The van der Waals surface area contributed by atoms with Crippen molar-refractivity contribution in [2.75, 3.05) is 4.90 Å². The van der Waals surface area contributed by atoms with E-state index in [1.165, 1.54) is 95.6 Å². The Morgan fingerprint density at radius 1 is 0.279 bits per heavy atom. The fourth-order valence-corrected chi connectivity index (χ4v) is 11.5. The van der Waals surface area contributed by atoms with Gasteiger partial charge >= 0.3 is 0 Å². The summed E-state index contributed by atoms with van der Waals surface area (Å²) in [6.45, 7) is 0. The molecule has 12 aromatic rings. The standard InChI is InChI=1S/C58H37NS2/c1-2-13-40-34-44(29-28-38(40)12-1)43-16-9-19-48(37-43)59(46-32-30-39(31-33-46)49-22-11-27-56-57(49)53-21-4-6-26-55(53)60-56)47-18-8-15-42(36-47)41-14-7-17-45(35-41)50-23-10-24-52-51-20-3-5-25-54(51)61-58(50)52/h1-37H. The number of thiophene rings is 2. The van der Waals surface area contributed by atoms with Crippen molar-refractivity contribution in [3.05, 3.63) is 224 Å². The van der Waals surface area contributed by atoms with Crippen LogP contribution in [0.15, 0.2) is 224 Å². The van der Waals surface area contributed by atoms with Crippen LogP contribution in [0.3, 0.4) is 0 Å². The molecule has 0 aliphatic heterocycles. The average Bonchev–Trinajstić information content (AvgIpc) is 3.91. The van der Waals surface area contributed by atoms with Gasteiger partial charge in [-0.1, -0.05) is 158 Å². The summed E-state index contributed by atoms with van der Waals surface area (Å²) in [6.07, 6.45) is 0. The van der Waals surface area contributed by atoms with Crippen LogP contribution in [0.2, 0.25) is 0 Å². The lowest BCUT2D eigenvalue weighted by Crippen LogP contribution is -2.10. The smallest absolute Gasteiger partial charge is 0.0467 e. The molecule has 0 saturated carbocycles. The lowest BCUT2D eigenvalue weighted by molar-refractivity contribution is 1.28. The molecule has 0 fully saturated rings. The molecule has 10 aromatic carbocycles. The van der Waals surface area contributed by atoms with Gasteiger partial charge in [-0.2, -0.15) is 0 Å². The predicted molar refractivity (Wildman–Crippen MR) is 266 cm³/mol. The van der Waals surface area contributed by atoms with Crippen LogP contribution < -0.4 is 4.90 Å². The van der Waals surface area contributed by atoms with Crippen LogP contribution >= 0.6 is 22.7 Å². The Labute approximate surface area is 362 Å². The highest BCUT2D eigenvalue weighted by Gasteiger charge is 2.17. The third kappa shape index (κ3) is 6.29. The van der Waals surface area contributed by atoms with Gasteiger partial charge in [0.25, 0.3) is 0 Å². The van der Waals surface area contributed by atoms with Crippen LogP contribution in [0, 0.1) is 0 Å². The number of nitrogens with zero attached hydrogens (tertiary/aromatic N) is 1. The van der Waals surface area contributed by atoms with Gasteiger partial charge < -0.3 is 4.90 Å². The molecule has 0 saturated heterocycles. The Morgan fingerprint density at radius 3 is 1.61 bits per heavy atom. The fourth-order valence-electron chi connectivity index (χ4n) is 9.11. The average molecular weight is 812 g/mol. The molecule has 0 spiro atoms. The van der Waals surface area contributed by atoms with Gasteiger partial charge in [0.15, 0.2) is 0 Å². The van der Waals surface area contributed by atoms with Gasteiger partial charge in [-0.25, -0.2) is 0 Å². The van der Waals surface area contributed by atoms with E-state index >= 15 is 0 Å². The Bertz CT molecular complexity index is 3610. The quantitative estimate of drug-likeness (QED) is 0.155. The topological polar surface area (TPSA) is 3.24 Å². The molecule has 0 atom stereocenters. The zero-order chi connectivity index (χ0) is 40.3. The molecule has 0 aliphatic rings. The van der Waals surface area contributed by atoms with E-state index in [1.807, 2.05) is 22.7 Å². The third-order valence-corrected chi connectivity index (χ3v) is 14.4. The second-order valence-electron chi connectivity index (χ2n) is 15.7. The first-order valence-corrected chi connectivity index (χ1v) is 22.4. The fraction of sp³-hybridized carbons (Fsp3) is 0. The van der Waals surface area contributed by atoms with Crippen molar-refractivity contribution >= 4 is 90.9 Å². The summed E-state index contributed by atoms with van der Waals surface area (Å²) in [5, 5.41) is 7.77. The zero-order valence-corrected chi connectivity index (χ0v) is 34.8. The molecule has 0 bridgehead atoms. The number of hydrogen-bond donors (Lipinski definition) is 0. The summed E-state index contributed by atoms with van der Waals surface area (Å²) < 4.78 is 5.29. The summed E-state index contributed by atoms with van der Waals surface area (Å²) in [6, 6.07) is 82.4. The maximum Gasteiger partial charge on any atom is 0.0467 e. The first-order chi connectivity index (χ1) is 30.2. The molecular weight excluding hydrogens is 775 g/mol. The zero-order valence-electron chi connectivity index (χ0n) is 33.1. The van der Waals surface area contributed by atoms with Crippen molar-refractivity contribution in [2.45, 2.75) is 0 Å². The van der Waals surface area contributed by atoms with Crippen molar-refractivity contribution in [3.63, 3.8) is 0 Å². The van der Waals surface area contributed by atoms with Crippen molar-refractivity contribution in [1.82, 2.24) is 0 Å². The second kappa shape index (κ2) is 14.8. The van der Waals surface area contributed by atoms with Crippen LogP contribution in [-0.2, 0) is 0 Å². The van der Waals surface area contributed by atoms with E-state index in [9.17, 15) is 0 Å². The molecule has 12 rings (SSSR count). The molecule has 0 aliphatic carbocycles. The Balaban J connectivity index is 0.974. The van der Waals surface area contributed by atoms with Crippen LogP contribution in [-0.4, -0.2) is 0 Å². The minimum absolute atomic E-state index is 1.10. The highest BCUT2D eigenvalue weighted by atomic mass is 32.1. The molecule has 0 unspecified atom stereocenters. The van der Waals surface area contributed by atoms with Gasteiger partial charge in [0.1, 0.15) is 0 Å². The largest absolute Gasteiger partial charge is 0.310 e. The minimum Gasteiger partial charge on any atom is -0.310 e. The lowest BCUT2D eigenvalue weighted by Gasteiger charge is -2.27. The van der Waals surface area contributed by atoms with Crippen LogP contribution in [0.1, 0.15) is 0 Å². The van der Waals surface area contributed by atoms with Gasteiger partial charge in [-0.3, -0.25) is 0 Å². The van der Waals surface area contributed by atoms with Crippen LogP contribution in [0.4, 0.5) is 17.1 Å². The summed E-state index contributed by atoms with van der Waals surface area (Å²) >= 11 is 3.75. The van der Waals surface area contributed by atoms with Crippen molar-refractivity contribution < 1.29 is 0 Å². The van der Waals surface area contributed by atoms with Crippen molar-refractivity contribution in [1.29, 1.82) is 0 Å². The molecular formula is C58H37NS2. The SMILES string of the molecule is c1cc(-c2cccc(N(c3ccc(-c4cccc5sc6ccccc6c45)cc3)c3cccc(-c4ccc5ccccc5c4)c3)c2)cc(-c2cccc3c2sc2ccccc23)c1. The lowest BCUT2D eigenvalue weighted by atomic mass is 9.97. The number of hydrogen-bond acceptors (Lipinski definition) is 3. The predicted octanol–water partition coefficient (Wildman–Crippen LogP) is 17.7. The Hall–Kier alpha value is -7.30. The van der Waals surface area contributed by atoms with Gasteiger partial charge in [0, 0.05) is 57.4 Å². The van der Waals surface area contributed by atoms with E-state index in [0.717, 1.165) is 17.1 Å². The van der Waals surface area contributed by atoms with Gasteiger partial charge in [0.05, 0.1) is 0 Å². The number of benzene rings is 10. The van der Waals surface area contributed by atoms with Gasteiger partial charge in [0.2, 0.25) is 0 Å². The summed E-state index contributed by atoms with van der Waals surface area (Å²) in [4.78, 5) is 2.40. The summed E-state index contributed by atoms with van der Waals surface area (Å²) in [5.74, 6) is 0. The minimum atomic E-state index is 1.10. The Morgan fingerprint density at radius 2 is 0.820 bits per heavy atom. The van der Waals surface area contributed by atoms with Crippen LogP contribution in [0.25, 0.3) is 95.6 Å². The second-order valence-corrected chi connectivity index (χ2v) is 17.8. The first-order valence-electron chi connectivity index (χ1n) is 20.7. The molecule has 0 N–H and O–H groups in total. The highest BCUT2D eigenvalue weighted by Crippen LogP contribution is 2.44. The molecule has 1 nitrogen and oxygen atoms in total. The van der Waals surface area contributed by atoms with E-state index < -0.39 is 0 Å². The van der Waals surface area contributed by atoms with E-state index in [0.29, 0.717) is 0 Å². The monoisotopic (exact) mass is 811 g/mol. The Kier molecular flexibility index (Phi) is 8.62. The maximum absolute atomic E-state index is 2.40. The number of fused-ring (bicyclic) bond motifs is 7. The normalized spacial score (nSPS) is 11.6.